The number of piperidine rings is 1. The van der Waals surface area contributed by atoms with E-state index in [2.05, 4.69) is 22.5 Å². The second kappa shape index (κ2) is 21.0. The maximum absolute atomic E-state index is 13.2. The molecule has 6 amide bonds. The van der Waals surface area contributed by atoms with Gasteiger partial charge in [-0.05, 0) is 62.1 Å². The summed E-state index contributed by atoms with van der Waals surface area (Å²) >= 11 is 0. The molecule has 17 heteroatoms. The Morgan fingerprint density at radius 1 is 0.846 bits per heavy atom. The molecule has 0 spiro atoms. The van der Waals surface area contributed by atoms with E-state index in [0.717, 1.165) is 67.4 Å². The molecule has 0 aliphatic carbocycles. The summed E-state index contributed by atoms with van der Waals surface area (Å²) in [5, 5.41) is 5.52. The van der Waals surface area contributed by atoms with Gasteiger partial charge in [-0.1, -0.05) is 50.7 Å². The number of imide groups is 2. The van der Waals surface area contributed by atoms with Crippen LogP contribution in [0.15, 0.2) is 57.9 Å². The summed E-state index contributed by atoms with van der Waals surface area (Å²) in [6.45, 7) is 4.76. The van der Waals surface area contributed by atoms with Crippen molar-refractivity contribution in [3.05, 3.63) is 75.9 Å². The lowest BCUT2D eigenvalue weighted by Crippen LogP contribution is -2.54. The number of methoxy groups -OCH3 is 2. The maximum Gasteiger partial charge on any atom is 0.266 e. The van der Waals surface area contributed by atoms with Gasteiger partial charge in [0.05, 0.1) is 37.3 Å². The molecule has 2 aromatic heterocycles. The largest absolute Gasteiger partial charge is 0.493 e. The molecule has 0 saturated carbocycles. The third-order valence-electron chi connectivity index (χ3n) is 12.5. The van der Waals surface area contributed by atoms with Gasteiger partial charge < -0.3 is 33.4 Å². The van der Waals surface area contributed by atoms with E-state index in [1.807, 2.05) is 29.2 Å². The third-order valence-corrected chi connectivity index (χ3v) is 12.5. The Hall–Kier alpha value is -6.49. The lowest BCUT2D eigenvalue weighted by Gasteiger charge is -2.39. The van der Waals surface area contributed by atoms with Crippen LogP contribution < -0.4 is 30.4 Å². The van der Waals surface area contributed by atoms with Crippen LogP contribution in [0.25, 0.3) is 22.1 Å². The van der Waals surface area contributed by atoms with Gasteiger partial charge in [-0.3, -0.25) is 48.7 Å². The number of aryl methyl sites for hydroxylation is 1. The smallest absolute Gasteiger partial charge is 0.266 e. The Kier molecular flexibility index (Phi) is 15.0. The van der Waals surface area contributed by atoms with E-state index in [1.54, 1.807) is 38.1 Å². The number of carbonyl (C=O) groups excluding carboxylic acids is 6. The number of unbranched alkanes of at least 4 members (excludes halogenated alkanes) is 7. The zero-order chi connectivity index (χ0) is 46.2. The summed E-state index contributed by atoms with van der Waals surface area (Å²) in [7, 11) is 4.90. The van der Waals surface area contributed by atoms with Crippen molar-refractivity contribution in [1.29, 1.82) is 0 Å². The molecule has 2 aromatic carbocycles. The minimum atomic E-state index is -1.09. The Balaban J connectivity index is 0.750. The molecule has 346 valence electrons. The number of benzene rings is 2. The van der Waals surface area contributed by atoms with E-state index in [4.69, 9.17) is 18.6 Å². The summed E-state index contributed by atoms with van der Waals surface area (Å²) in [5.74, 6) is -0.680. The Labute approximate surface area is 377 Å². The van der Waals surface area contributed by atoms with Gasteiger partial charge in [0.1, 0.15) is 23.1 Å². The van der Waals surface area contributed by atoms with Gasteiger partial charge in [-0.15, -0.1) is 0 Å². The van der Waals surface area contributed by atoms with Crippen molar-refractivity contribution in [3.8, 4) is 28.4 Å². The zero-order valence-electron chi connectivity index (χ0n) is 37.6. The fourth-order valence-electron chi connectivity index (χ4n) is 8.89. The van der Waals surface area contributed by atoms with Crippen LogP contribution in [-0.2, 0) is 32.8 Å². The quantitative estimate of drug-likeness (QED) is 0.0895. The maximum atomic E-state index is 13.2. The summed E-state index contributed by atoms with van der Waals surface area (Å²) in [6, 6.07) is 11.0. The molecule has 1 unspecified atom stereocenters. The Morgan fingerprint density at radius 2 is 1.58 bits per heavy atom. The van der Waals surface area contributed by atoms with Crippen LogP contribution >= 0.6 is 0 Å². The number of piperazine rings is 1. The van der Waals surface area contributed by atoms with Gasteiger partial charge in [-0.25, -0.2) is 0 Å². The number of ether oxygens (including phenoxy) is 3. The SMILES string of the molecule is COc1ccc(-c2cn(C)c(=O)c3cc(CN4CCN(C(=O)CCCCCCCCCCNC(=O)COc5cccc6c5C(=O)N(C5CCC(=O)NC5=O)C6=O)C[C@H]4C)oc23)cc1OC. The number of hydrogen-bond donors (Lipinski definition) is 2. The van der Waals surface area contributed by atoms with Crippen LogP contribution in [0.1, 0.15) is 104 Å². The number of rotatable bonds is 20. The number of amides is 6. The highest BCUT2D eigenvalue weighted by Crippen LogP contribution is 2.37. The van der Waals surface area contributed by atoms with E-state index in [0.29, 0.717) is 67.4 Å². The van der Waals surface area contributed by atoms with E-state index in [9.17, 15) is 33.6 Å². The number of fused-ring (bicyclic) bond motifs is 2. The average molecular weight is 895 g/mol. The van der Waals surface area contributed by atoms with Crippen molar-refractivity contribution in [3.63, 3.8) is 0 Å². The van der Waals surface area contributed by atoms with Crippen molar-refractivity contribution >= 4 is 46.4 Å². The van der Waals surface area contributed by atoms with Crippen molar-refractivity contribution in [2.45, 2.75) is 96.2 Å². The number of nitrogens with one attached hydrogen (secondary N) is 2. The molecule has 2 saturated heterocycles. The first-order valence-electron chi connectivity index (χ1n) is 22.5. The van der Waals surface area contributed by atoms with Gasteiger partial charge in [-0.2, -0.15) is 0 Å². The van der Waals surface area contributed by atoms with Gasteiger partial charge in [0, 0.05) is 63.9 Å². The molecule has 0 radical (unpaired) electrons. The fraction of sp³-hybridized carbons (Fsp3) is 0.479. The molecular formula is C48H58N6O11. The van der Waals surface area contributed by atoms with Crippen LogP contribution in [-0.4, -0.2) is 114 Å². The van der Waals surface area contributed by atoms with Crippen LogP contribution in [0.3, 0.4) is 0 Å². The van der Waals surface area contributed by atoms with Gasteiger partial charge in [0.2, 0.25) is 17.7 Å². The highest BCUT2D eigenvalue weighted by Gasteiger charge is 2.46. The molecule has 65 heavy (non-hydrogen) atoms. The number of furan rings is 1. The molecule has 2 fully saturated rings. The van der Waals surface area contributed by atoms with E-state index < -0.39 is 29.7 Å². The summed E-state index contributed by atoms with van der Waals surface area (Å²) < 4.78 is 24.5. The summed E-state index contributed by atoms with van der Waals surface area (Å²) in [4.78, 5) is 94.1. The standard InChI is InChI=1S/C48H58N6O11/c1-30-26-53(23-22-52(30)27-32-25-34-44(65-32)35(28-51(2)46(34)59)31-17-19-37(62-3)39(24-31)63-4)42(57)16-11-9-7-5-6-8-10-12-21-49-41(56)29-64-38-15-13-14-33-43(38)48(61)54(47(33)60)36-18-20-40(55)50-45(36)58/h13-15,17,19,24-25,28,30,36H,5-12,16,18,20-23,26-27,29H2,1-4H3,(H,49,56)(H,50,55,58)/t30-,36?/m1/s1. The molecule has 5 heterocycles. The first kappa shape index (κ1) is 46.5. The van der Waals surface area contributed by atoms with Crippen LogP contribution in [0.2, 0.25) is 0 Å². The summed E-state index contributed by atoms with van der Waals surface area (Å²) in [5.41, 5.74) is 2.10. The number of hydrogen-bond acceptors (Lipinski definition) is 12. The van der Waals surface area contributed by atoms with E-state index in [-0.39, 0.29) is 59.7 Å². The minimum absolute atomic E-state index is 0.00244. The van der Waals surface area contributed by atoms with Crippen LogP contribution in [0, 0.1) is 0 Å². The first-order valence-corrected chi connectivity index (χ1v) is 22.5. The molecule has 0 bridgehead atoms. The first-order chi connectivity index (χ1) is 31.4. The Morgan fingerprint density at radius 3 is 2.31 bits per heavy atom. The second-order valence-corrected chi connectivity index (χ2v) is 17.0. The molecule has 3 aliphatic rings. The average Bonchev–Trinajstić information content (AvgIpc) is 3.84. The van der Waals surface area contributed by atoms with Gasteiger partial charge in [0.15, 0.2) is 18.1 Å². The second-order valence-electron chi connectivity index (χ2n) is 17.0. The molecule has 4 aromatic rings. The van der Waals surface area contributed by atoms with Crippen LogP contribution in [0.4, 0.5) is 0 Å². The Bertz CT molecular complexity index is 2510. The van der Waals surface area contributed by atoms with Crippen LogP contribution in [0.5, 0.6) is 17.2 Å². The fourth-order valence-corrected chi connectivity index (χ4v) is 8.89. The number of pyridine rings is 1. The molecule has 3 aliphatic heterocycles. The van der Waals surface area contributed by atoms with Crippen molar-refractivity contribution in [2.24, 2.45) is 7.05 Å². The number of carbonyl (C=O) groups is 6. The molecule has 2 N–H and O–H groups in total. The predicted molar refractivity (Wildman–Crippen MR) is 240 cm³/mol. The third kappa shape index (κ3) is 10.6. The molecular weight excluding hydrogens is 837 g/mol. The van der Waals surface area contributed by atoms with E-state index >= 15 is 0 Å². The highest BCUT2D eigenvalue weighted by molar-refractivity contribution is 6.24. The topological polar surface area (TPSA) is 199 Å². The molecule has 2 atom stereocenters. The van der Waals surface area contributed by atoms with Crippen molar-refractivity contribution in [1.82, 2.24) is 29.9 Å². The molecule has 17 nitrogen and oxygen atoms in total. The monoisotopic (exact) mass is 894 g/mol. The minimum Gasteiger partial charge on any atom is -0.493 e. The summed E-state index contributed by atoms with van der Waals surface area (Å²) in [6.07, 6.45) is 10.2. The molecule has 7 rings (SSSR count). The van der Waals surface area contributed by atoms with E-state index in [1.165, 1.54) is 12.1 Å². The normalized spacial score (nSPS) is 17.7. The lowest BCUT2D eigenvalue weighted by molar-refractivity contribution is -0.136. The highest BCUT2D eigenvalue weighted by atomic mass is 16.5. The number of nitrogens with zero attached hydrogens (tertiary/aromatic N) is 4. The van der Waals surface area contributed by atoms with Gasteiger partial charge >= 0.3 is 0 Å². The van der Waals surface area contributed by atoms with Gasteiger partial charge in [0.25, 0.3) is 23.3 Å². The number of aromatic nitrogens is 1. The zero-order valence-corrected chi connectivity index (χ0v) is 37.6. The van der Waals surface area contributed by atoms with Crippen molar-refractivity contribution < 1.29 is 47.4 Å². The van der Waals surface area contributed by atoms with Crippen molar-refractivity contribution in [2.75, 3.05) is 47.0 Å². The predicted octanol–water partition coefficient (Wildman–Crippen LogP) is 4.96. The lowest BCUT2D eigenvalue weighted by atomic mass is 10.0.